The van der Waals surface area contributed by atoms with Crippen molar-refractivity contribution in [2.75, 3.05) is 14.2 Å². The number of hydroxylamine groups is 1. The van der Waals surface area contributed by atoms with E-state index in [4.69, 9.17) is 4.84 Å². The Bertz CT molecular complexity index is 1090. The number of hydrogen-bond acceptors (Lipinski definition) is 4. The van der Waals surface area contributed by atoms with Crippen LogP contribution in [0.15, 0.2) is 71.6 Å². The van der Waals surface area contributed by atoms with Crippen molar-refractivity contribution in [2.24, 2.45) is 0 Å². The molecule has 0 aliphatic heterocycles. The van der Waals surface area contributed by atoms with Crippen LogP contribution < -0.4 is 5.32 Å². The molecule has 3 aromatic rings. The highest BCUT2D eigenvalue weighted by Crippen LogP contribution is 2.24. The Hall–Kier alpha value is -2.74. The fourth-order valence-corrected chi connectivity index (χ4v) is 3.98. The summed E-state index contributed by atoms with van der Waals surface area (Å²) < 4.78 is 25.2. The molecule has 146 valence electrons. The van der Waals surface area contributed by atoms with E-state index < -0.39 is 10.0 Å². The second-order valence-corrected chi connectivity index (χ2v) is 8.32. The van der Waals surface area contributed by atoms with Gasteiger partial charge in [0, 0.05) is 12.6 Å². The summed E-state index contributed by atoms with van der Waals surface area (Å²) >= 11 is 0. The Morgan fingerprint density at radius 3 is 2.32 bits per heavy atom. The number of sulfonamides is 1. The van der Waals surface area contributed by atoms with Gasteiger partial charge < -0.3 is 5.32 Å². The third-order valence-electron chi connectivity index (χ3n) is 4.65. The Balaban J connectivity index is 1.79. The van der Waals surface area contributed by atoms with Crippen LogP contribution in [0.2, 0.25) is 0 Å². The van der Waals surface area contributed by atoms with Crippen molar-refractivity contribution in [3.63, 3.8) is 0 Å². The van der Waals surface area contributed by atoms with E-state index in [-0.39, 0.29) is 16.8 Å². The minimum Gasteiger partial charge on any atom is -0.345 e. The number of rotatable bonds is 6. The largest absolute Gasteiger partial charge is 0.345 e. The number of hydrogen-bond donors (Lipinski definition) is 1. The number of benzene rings is 3. The molecular weight excluding hydrogens is 376 g/mol. The van der Waals surface area contributed by atoms with Gasteiger partial charge in [-0.3, -0.25) is 9.63 Å². The van der Waals surface area contributed by atoms with Crippen LogP contribution in [-0.4, -0.2) is 33.0 Å². The van der Waals surface area contributed by atoms with Crippen LogP contribution in [0.1, 0.15) is 28.9 Å². The predicted molar refractivity (Wildman–Crippen MR) is 108 cm³/mol. The predicted octanol–water partition coefficient (Wildman–Crippen LogP) is 3.51. The van der Waals surface area contributed by atoms with E-state index in [1.165, 1.54) is 38.4 Å². The fraction of sp³-hybridized carbons (Fsp3) is 0.190. The van der Waals surface area contributed by atoms with Crippen molar-refractivity contribution < 1.29 is 18.0 Å². The van der Waals surface area contributed by atoms with Crippen LogP contribution in [0.5, 0.6) is 0 Å². The van der Waals surface area contributed by atoms with Crippen LogP contribution >= 0.6 is 0 Å². The first-order chi connectivity index (χ1) is 13.3. The molecule has 1 amide bonds. The van der Waals surface area contributed by atoms with E-state index in [0.29, 0.717) is 5.56 Å². The molecule has 7 heteroatoms. The lowest BCUT2D eigenvalue weighted by atomic mass is 9.99. The fourth-order valence-electron chi connectivity index (χ4n) is 3.01. The standard InChI is InChI=1S/C21H22N2O4S/c1-15(19-10-6-8-16-7-4-5-9-20(16)19)22-21(24)17-11-13-18(14-12-17)28(25,26)23(2)27-3/h4-15H,1-3H3,(H,22,24). The lowest BCUT2D eigenvalue weighted by Crippen LogP contribution is -2.27. The number of amides is 1. The Labute approximate surface area is 164 Å². The van der Waals surface area contributed by atoms with Gasteiger partial charge >= 0.3 is 0 Å². The zero-order valence-electron chi connectivity index (χ0n) is 15.9. The molecule has 0 radical (unpaired) electrons. The number of nitrogens with one attached hydrogen (secondary N) is 1. The Kier molecular flexibility index (Phi) is 5.79. The van der Waals surface area contributed by atoms with E-state index in [0.717, 1.165) is 20.8 Å². The van der Waals surface area contributed by atoms with Crippen LogP contribution in [-0.2, 0) is 14.9 Å². The second-order valence-electron chi connectivity index (χ2n) is 6.39. The van der Waals surface area contributed by atoms with Gasteiger partial charge in [0.05, 0.1) is 18.0 Å². The van der Waals surface area contributed by atoms with Crippen molar-refractivity contribution in [3.05, 3.63) is 77.9 Å². The molecule has 28 heavy (non-hydrogen) atoms. The highest BCUT2D eigenvalue weighted by Gasteiger charge is 2.21. The quantitative estimate of drug-likeness (QED) is 0.645. The molecule has 0 bridgehead atoms. The average molecular weight is 398 g/mol. The van der Waals surface area contributed by atoms with Gasteiger partial charge in [0.15, 0.2) is 0 Å². The van der Waals surface area contributed by atoms with Crippen molar-refractivity contribution in [2.45, 2.75) is 17.9 Å². The SMILES string of the molecule is CON(C)S(=O)(=O)c1ccc(C(=O)NC(C)c2cccc3ccccc23)cc1. The molecule has 0 heterocycles. The van der Waals surface area contributed by atoms with Gasteiger partial charge in [0.25, 0.3) is 15.9 Å². The third kappa shape index (κ3) is 3.91. The van der Waals surface area contributed by atoms with E-state index in [1.807, 2.05) is 49.4 Å². The minimum atomic E-state index is -3.74. The lowest BCUT2D eigenvalue weighted by molar-refractivity contribution is -0.0258. The first kappa shape index (κ1) is 20.0. The molecule has 6 nitrogen and oxygen atoms in total. The molecule has 0 spiro atoms. The zero-order chi connectivity index (χ0) is 20.3. The van der Waals surface area contributed by atoms with Crippen molar-refractivity contribution in [1.82, 2.24) is 9.79 Å². The topological polar surface area (TPSA) is 75.7 Å². The van der Waals surface area contributed by atoms with E-state index in [2.05, 4.69) is 5.32 Å². The molecule has 0 saturated carbocycles. The summed E-state index contributed by atoms with van der Waals surface area (Å²) in [6, 6.07) is 19.5. The van der Waals surface area contributed by atoms with Crippen molar-refractivity contribution in [1.29, 1.82) is 0 Å². The molecule has 3 rings (SSSR count). The summed E-state index contributed by atoms with van der Waals surface area (Å²) in [6.07, 6.45) is 0. The smallest absolute Gasteiger partial charge is 0.264 e. The first-order valence-electron chi connectivity index (χ1n) is 8.76. The molecule has 0 aliphatic rings. The molecule has 1 atom stereocenters. The van der Waals surface area contributed by atoms with Crippen LogP contribution in [0.4, 0.5) is 0 Å². The molecule has 0 aromatic heterocycles. The zero-order valence-corrected chi connectivity index (χ0v) is 16.7. The van der Waals surface area contributed by atoms with Gasteiger partial charge in [-0.2, -0.15) is 0 Å². The maximum Gasteiger partial charge on any atom is 0.264 e. The Morgan fingerprint density at radius 1 is 1.00 bits per heavy atom. The normalized spacial score (nSPS) is 12.9. The van der Waals surface area contributed by atoms with Crippen molar-refractivity contribution in [3.8, 4) is 0 Å². The highest BCUT2D eigenvalue weighted by molar-refractivity contribution is 7.89. The molecule has 0 aliphatic carbocycles. The van der Waals surface area contributed by atoms with E-state index in [1.54, 1.807) is 0 Å². The number of nitrogens with zero attached hydrogens (tertiary/aromatic N) is 1. The van der Waals surface area contributed by atoms with Gasteiger partial charge in [0.2, 0.25) is 0 Å². The van der Waals surface area contributed by atoms with Crippen LogP contribution in [0.3, 0.4) is 0 Å². The van der Waals surface area contributed by atoms with Gasteiger partial charge in [-0.25, -0.2) is 8.42 Å². The highest BCUT2D eigenvalue weighted by atomic mass is 32.2. The van der Waals surface area contributed by atoms with E-state index in [9.17, 15) is 13.2 Å². The second kappa shape index (κ2) is 8.10. The van der Waals surface area contributed by atoms with Gasteiger partial charge in [-0.05, 0) is 47.5 Å². The van der Waals surface area contributed by atoms with Crippen molar-refractivity contribution >= 4 is 26.7 Å². The summed E-state index contributed by atoms with van der Waals surface area (Å²) in [6.45, 7) is 1.92. The number of carbonyl (C=O) groups excluding carboxylic acids is 1. The lowest BCUT2D eigenvalue weighted by Gasteiger charge is -2.17. The Morgan fingerprint density at radius 2 is 1.64 bits per heavy atom. The van der Waals surface area contributed by atoms with E-state index >= 15 is 0 Å². The molecule has 1 unspecified atom stereocenters. The summed E-state index contributed by atoms with van der Waals surface area (Å²) in [5, 5.41) is 5.17. The van der Waals surface area contributed by atoms with Gasteiger partial charge in [-0.15, -0.1) is 0 Å². The summed E-state index contributed by atoms with van der Waals surface area (Å²) in [5.41, 5.74) is 1.40. The number of carbonyl (C=O) groups is 1. The third-order valence-corrected chi connectivity index (χ3v) is 6.34. The maximum absolute atomic E-state index is 12.6. The van der Waals surface area contributed by atoms with Gasteiger partial charge in [-0.1, -0.05) is 46.9 Å². The van der Waals surface area contributed by atoms with Crippen LogP contribution in [0.25, 0.3) is 10.8 Å². The molecule has 0 fully saturated rings. The summed E-state index contributed by atoms with van der Waals surface area (Å²) in [7, 11) is -1.16. The first-order valence-corrected chi connectivity index (χ1v) is 10.2. The molecule has 3 aromatic carbocycles. The maximum atomic E-state index is 12.6. The van der Waals surface area contributed by atoms with Crippen LogP contribution in [0, 0.1) is 0 Å². The molecular formula is C21H22N2O4S. The molecule has 0 saturated heterocycles. The molecule has 1 N–H and O–H groups in total. The minimum absolute atomic E-state index is 0.0514. The monoisotopic (exact) mass is 398 g/mol. The summed E-state index contributed by atoms with van der Waals surface area (Å²) in [4.78, 5) is 17.4. The average Bonchev–Trinajstić information content (AvgIpc) is 2.72. The summed E-state index contributed by atoms with van der Waals surface area (Å²) in [5.74, 6) is -0.274. The number of fused-ring (bicyclic) bond motifs is 1. The van der Waals surface area contributed by atoms with Gasteiger partial charge in [0.1, 0.15) is 0 Å².